The fourth-order valence-electron chi connectivity index (χ4n) is 4.37. The van der Waals surface area contributed by atoms with Crippen molar-refractivity contribution in [3.05, 3.63) is 118 Å². The summed E-state index contributed by atoms with van der Waals surface area (Å²) < 4.78 is 39.6. The Morgan fingerprint density at radius 3 is 2.55 bits per heavy atom. The molecule has 0 amide bonds. The van der Waals surface area contributed by atoms with Crippen molar-refractivity contribution in [2.45, 2.75) is 13.3 Å². The lowest BCUT2D eigenvalue weighted by Crippen LogP contribution is -2.20. The number of aromatic nitrogens is 3. The third-order valence-corrected chi connectivity index (χ3v) is 6.38. The van der Waals surface area contributed by atoms with E-state index in [9.17, 15) is 14.0 Å². The number of nitrogens with one attached hydrogen (secondary N) is 1. The number of ether oxygens (including phenoxy) is 2. The summed E-state index contributed by atoms with van der Waals surface area (Å²) in [6.07, 6.45) is 4.24. The standard InChI is InChI=1S/C31H23F2N3O4/c1-4-19-15-24-29(36-31(19)39-3)27(11-12-34-24)40-26-10-5-18(13-23(26)33)14-25(37)22-16-35-17(2)28(30(22)38)20-6-8-21(32)9-7-20/h4-13,15-16H,1,14H2,2-3H3,(H,35,38). The van der Waals surface area contributed by atoms with Gasteiger partial charge in [-0.1, -0.05) is 30.9 Å². The van der Waals surface area contributed by atoms with Gasteiger partial charge >= 0.3 is 0 Å². The van der Waals surface area contributed by atoms with Gasteiger partial charge in [0.05, 0.1) is 18.2 Å². The molecule has 1 N–H and O–H groups in total. The van der Waals surface area contributed by atoms with Gasteiger partial charge in [-0.05, 0) is 48.4 Å². The minimum Gasteiger partial charge on any atom is -0.481 e. The minimum absolute atomic E-state index is 0.0761. The molecular formula is C31H23F2N3O4. The normalized spacial score (nSPS) is 10.9. The molecule has 3 aromatic heterocycles. The van der Waals surface area contributed by atoms with Gasteiger partial charge in [-0.15, -0.1) is 0 Å². The van der Waals surface area contributed by atoms with Crippen LogP contribution in [0.3, 0.4) is 0 Å². The Hall–Kier alpha value is -5.18. The fourth-order valence-corrected chi connectivity index (χ4v) is 4.37. The summed E-state index contributed by atoms with van der Waals surface area (Å²) in [5.41, 5.74) is 2.63. The first-order valence-corrected chi connectivity index (χ1v) is 12.2. The molecule has 0 radical (unpaired) electrons. The molecule has 7 nitrogen and oxygen atoms in total. The van der Waals surface area contributed by atoms with Crippen molar-refractivity contribution in [2.75, 3.05) is 7.11 Å². The summed E-state index contributed by atoms with van der Waals surface area (Å²) in [7, 11) is 1.48. The molecule has 0 fully saturated rings. The first-order valence-electron chi connectivity index (χ1n) is 12.2. The van der Waals surface area contributed by atoms with Gasteiger partial charge in [0.15, 0.2) is 28.5 Å². The third-order valence-electron chi connectivity index (χ3n) is 6.38. The zero-order valence-electron chi connectivity index (χ0n) is 21.6. The minimum atomic E-state index is -0.699. The summed E-state index contributed by atoms with van der Waals surface area (Å²) in [5.74, 6) is -1.12. The van der Waals surface area contributed by atoms with Gasteiger partial charge in [0.25, 0.3) is 0 Å². The number of aromatic amines is 1. The van der Waals surface area contributed by atoms with E-state index < -0.39 is 22.8 Å². The number of methoxy groups -OCH3 is 1. The number of benzene rings is 2. The average Bonchev–Trinajstić information content (AvgIpc) is 2.94. The van der Waals surface area contributed by atoms with Crippen LogP contribution in [0.25, 0.3) is 28.2 Å². The molecule has 5 aromatic rings. The number of halogens is 2. The Bertz CT molecular complexity index is 1830. The third kappa shape index (κ3) is 5.09. The number of hydrogen-bond donors (Lipinski definition) is 1. The molecule has 0 aliphatic rings. The largest absolute Gasteiger partial charge is 0.481 e. The van der Waals surface area contributed by atoms with Gasteiger partial charge in [-0.3, -0.25) is 14.6 Å². The predicted octanol–water partition coefficient (Wildman–Crippen LogP) is 6.44. The van der Waals surface area contributed by atoms with Gasteiger partial charge in [0, 0.05) is 41.7 Å². The molecule has 9 heteroatoms. The summed E-state index contributed by atoms with van der Waals surface area (Å²) in [4.78, 5) is 37.9. The number of pyridine rings is 3. The molecule has 0 aliphatic heterocycles. The Balaban J connectivity index is 1.40. The van der Waals surface area contributed by atoms with Crippen molar-refractivity contribution in [1.82, 2.24) is 15.0 Å². The van der Waals surface area contributed by atoms with Crippen LogP contribution in [0.15, 0.2) is 78.4 Å². The SMILES string of the molecule is C=Cc1cc2nccc(Oc3ccc(CC(=O)c4c[nH]c(C)c(-c5ccc(F)cc5)c4=O)cc3F)c2nc1OC. The smallest absolute Gasteiger partial charge is 0.221 e. The molecule has 0 saturated heterocycles. The second-order valence-corrected chi connectivity index (χ2v) is 8.97. The summed E-state index contributed by atoms with van der Waals surface area (Å²) in [6, 6.07) is 12.9. The maximum Gasteiger partial charge on any atom is 0.221 e. The molecule has 0 spiro atoms. The molecule has 200 valence electrons. The number of Topliss-reactive ketones (excluding diaryl/α,β-unsaturated/α-hetero) is 1. The molecule has 2 aromatic carbocycles. The second kappa shape index (κ2) is 10.9. The highest BCUT2D eigenvalue weighted by molar-refractivity contribution is 5.98. The zero-order valence-corrected chi connectivity index (χ0v) is 21.6. The van der Waals surface area contributed by atoms with E-state index in [-0.39, 0.29) is 29.0 Å². The number of ketones is 1. The van der Waals surface area contributed by atoms with Crippen molar-refractivity contribution in [3.8, 4) is 28.5 Å². The lowest BCUT2D eigenvalue weighted by Gasteiger charge is -2.12. The molecule has 0 unspecified atom stereocenters. The second-order valence-electron chi connectivity index (χ2n) is 8.97. The lowest BCUT2D eigenvalue weighted by molar-refractivity contribution is 0.0991. The van der Waals surface area contributed by atoms with E-state index in [0.29, 0.717) is 39.3 Å². The van der Waals surface area contributed by atoms with Gasteiger partial charge in [0.1, 0.15) is 11.3 Å². The number of rotatable bonds is 8. The number of H-pyrrole nitrogens is 1. The number of carbonyl (C=O) groups excluding carboxylic acids is 1. The van der Waals surface area contributed by atoms with E-state index >= 15 is 4.39 Å². The summed E-state index contributed by atoms with van der Waals surface area (Å²) >= 11 is 0. The number of fused-ring (bicyclic) bond motifs is 1. The van der Waals surface area contributed by atoms with Crippen molar-refractivity contribution in [2.24, 2.45) is 0 Å². The van der Waals surface area contributed by atoms with E-state index in [0.717, 1.165) is 0 Å². The number of aryl methyl sites for hydroxylation is 1. The number of carbonyl (C=O) groups is 1. The molecular weight excluding hydrogens is 516 g/mol. The van der Waals surface area contributed by atoms with E-state index in [2.05, 4.69) is 21.5 Å². The maximum atomic E-state index is 15.1. The van der Waals surface area contributed by atoms with Crippen LogP contribution in [-0.4, -0.2) is 27.8 Å². The van der Waals surface area contributed by atoms with Gasteiger partial charge in [-0.25, -0.2) is 13.8 Å². The molecule has 5 rings (SSSR count). The van der Waals surface area contributed by atoms with Crippen LogP contribution in [0, 0.1) is 18.6 Å². The van der Waals surface area contributed by atoms with Gasteiger partial charge in [0.2, 0.25) is 5.88 Å². The monoisotopic (exact) mass is 539 g/mol. The van der Waals surface area contributed by atoms with Crippen molar-refractivity contribution < 1.29 is 23.0 Å². The Labute approximate surface area is 227 Å². The van der Waals surface area contributed by atoms with Gasteiger partial charge < -0.3 is 14.5 Å². The van der Waals surface area contributed by atoms with Crippen LogP contribution in [0.4, 0.5) is 8.78 Å². The molecule has 3 heterocycles. The first kappa shape index (κ1) is 26.4. The highest BCUT2D eigenvalue weighted by Crippen LogP contribution is 2.32. The van der Waals surface area contributed by atoms with Crippen LogP contribution < -0.4 is 14.9 Å². The topological polar surface area (TPSA) is 94.2 Å². The summed E-state index contributed by atoms with van der Waals surface area (Å²) in [6.45, 7) is 5.43. The average molecular weight is 540 g/mol. The van der Waals surface area contributed by atoms with Crippen molar-refractivity contribution in [3.63, 3.8) is 0 Å². The maximum absolute atomic E-state index is 15.1. The van der Waals surface area contributed by atoms with Crippen molar-refractivity contribution >= 4 is 22.9 Å². The van der Waals surface area contributed by atoms with E-state index in [1.54, 1.807) is 31.2 Å². The highest BCUT2D eigenvalue weighted by atomic mass is 19.1. The lowest BCUT2D eigenvalue weighted by atomic mass is 9.98. The Morgan fingerprint density at radius 2 is 1.85 bits per heavy atom. The first-order chi connectivity index (χ1) is 19.3. The fraction of sp³-hybridized carbons (Fsp3) is 0.0968. The molecule has 0 atom stereocenters. The Morgan fingerprint density at radius 1 is 1.07 bits per heavy atom. The molecule has 0 aliphatic carbocycles. The van der Waals surface area contributed by atoms with E-state index in [1.807, 2.05) is 0 Å². The number of nitrogens with zero attached hydrogens (tertiary/aromatic N) is 2. The van der Waals surface area contributed by atoms with Gasteiger partial charge in [-0.2, -0.15) is 0 Å². The molecule has 0 saturated carbocycles. The van der Waals surface area contributed by atoms with Crippen LogP contribution >= 0.6 is 0 Å². The zero-order chi connectivity index (χ0) is 28.4. The van der Waals surface area contributed by atoms with Crippen molar-refractivity contribution in [1.29, 1.82) is 0 Å². The van der Waals surface area contributed by atoms with Crippen LogP contribution in [0.5, 0.6) is 17.4 Å². The van der Waals surface area contributed by atoms with Crippen LogP contribution in [0.2, 0.25) is 0 Å². The number of hydrogen-bond acceptors (Lipinski definition) is 6. The molecule has 40 heavy (non-hydrogen) atoms. The van der Waals surface area contributed by atoms with Crippen LogP contribution in [-0.2, 0) is 6.42 Å². The van der Waals surface area contributed by atoms with E-state index in [1.165, 1.54) is 55.9 Å². The summed E-state index contributed by atoms with van der Waals surface area (Å²) in [5, 5.41) is 0. The van der Waals surface area contributed by atoms with E-state index in [4.69, 9.17) is 9.47 Å². The Kier molecular flexibility index (Phi) is 7.20. The predicted molar refractivity (Wildman–Crippen MR) is 148 cm³/mol. The van der Waals surface area contributed by atoms with Crippen LogP contribution in [0.1, 0.15) is 27.2 Å². The quantitative estimate of drug-likeness (QED) is 0.228. The highest BCUT2D eigenvalue weighted by Gasteiger charge is 2.19. The molecule has 0 bridgehead atoms.